The highest BCUT2D eigenvalue weighted by molar-refractivity contribution is 5.91. The van der Waals surface area contributed by atoms with Gasteiger partial charge >= 0.3 is 6.18 Å². The number of benzene rings is 2. The molecule has 4 rings (SSSR count). The Morgan fingerprint density at radius 2 is 1.75 bits per heavy atom. The van der Waals surface area contributed by atoms with Crippen LogP contribution in [0.3, 0.4) is 0 Å². The van der Waals surface area contributed by atoms with Gasteiger partial charge in [-0.2, -0.15) is 23.4 Å². The molecule has 0 aliphatic carbocycles. The molecule has 7 nitrogen and oxygen atoms in total. The second kappa shape index (κ2) is 7.95. The molecular weight excluding hydrogens is 423 g/mol. The zero-order valence-electron chi connectivity index (χ0n) is 17.1. The zero-order chi connectivity index (χ0) is 23.0. The van der Waals surface area contributed by atoms with Gasteiger partial charge in [0.05, 0.1) is 28.8 Å². The zero-order valence-corrected chi connectivity index (χ0v) is 17.1. The summed E-state index contributed by atoms with van der Waals surface area (Å²) in [5.41, 5.74) is 0.335. The molecule has 0 saturated carbocycles. The summed E-state index contributed by atoms with van der Waals surface area (Å²) in [7, 11) is 0. The Balaban J connectivity index is 1.72. The molecule has 1 amide bonds. The highest BCUT2D eigenvalue weighted by Gasteiger charge is 2.33. The van der Waals surface area contributed by atoms with Gasteiger partial charge in [0.1, 0.15) is 12.1 Å². The Hall–Kier alpha value is -3.95. The highest BCUT2D eigenvalue weighted by Crippen LogP contribution is 2.34. The van der Waals surface area contributed by atoms with Crippen LogP contribution in [0.2, 0.25) is 0 Å². The summed E-state index contributed by atoms with van der Waals surface area (Å²) in [5.74, 6) is -0.808. The van der Waals surface area contributed by atoms with Crippen LogP contribution in [0, 0.1) is 13.8 Å². The Labute approximate surface area is 180 Å². The number of hydrogen-bond donors (Lipinski definition) is 1. The van der Waals surface area contributed by atoms with E-state index in [1.807, 2.05) is 31.2 Å². The van der Waals surface area contributed by atoms with Gasteiger partial charge in [0, 0.05) is 5.39 Å². The van der Waals surface area contributed by atoms with Gasteiger partial charge in [0.2, 0.25) is 5.91 Å². The van der Waals surface area contributed by atoms with Gasteiger partial charge < -0.3 is 5.32 Å². The third-order valence-electron chi connectivity index (χ3n) is 5.01. The number of aryl methyl sites for hydroxylation is 2. The van der Waals surface area contributed by atoms with Crippen molar-refractivity contribution in [2.45, 2.75) is 26.6 Å². The lowest BCUT2D eigenvalue weighted by Gasteiger charge is -2.14. The summed E-state index contributed by atoms with van der Waals surface area (Å²) >= 11 is 0. The smallest absolute Gasteiger partial charge is 0.324 e. The van der Waals surface area contributed by atoms with Crippen molar-refractivity contribution in [3.8, 4) is 5.69 Å². The van der Waals surface area contributed by atoms with Gasteiger partial charge in [0.15, 0.2) is 0 Å². The molecule has 0 fully saturated rings. The highest BCUT2D eigenvalue weighted by atomic mass is 19.4. The average molecular weight is 441 g/mol. The number of alkyl halides is 3. The Morgan fingerprint density at radius 1 is 1.06 bits per heavy atom. The van der Waals surface area contributed by atoms with Crippen molar-refractivity contribution in [3.63, 3.8) is 0 Å². The van der Waals surface area contributed by atoms with Crippen LogP contribution >= 0.6 is 0 Å². The quantitative estimate of drug-likeness (QED) is 0.522. The molecule has 0 unspecified atom stereocenters. The van der Waals surface area contributed by atoms with Crippen LogP contribution in [-0.2, 0) is 17.5 Å². The fraction of sp³-hybridized carbons (Fsp3) is 0.182. The molecule has 164 valence electrons. The summed E-state index contributed by atoms with van der Waals surface area (Å²) in [6, 6.07) is 12.0. The van der Waals surface area contributed by atoms with Crippen molar-refractivity contribution in [2.24, 2.45) is 0 Å². The van der Waals surface area contributed by atoms with Crippen LogP contribution < -0.4 is 10.9 Å². The molecule has 0 aliphatic rings. The lowest BCUT2D eigenvalue weighted by molar-refractivity contribution is -0.137. The number of nitrogens with one attached hydrogen (secondary N) is 1. The van der Waals surface area contributed by atoms with E-state index in [1.54, 1.807) is 6.92 Å². The number of carbonyl (C=O) groups is 1. The van der Waals surface area contributed by atoms with Crippen LogP contribution in [0.15, 0.2) is 59.5 Å². The third-order valence-corrected chi connectivity index (χ3v) is 5.01. The first-order chi connectivity index (χ1) is 15.2. The van der Waals surface area contributed by atoms with E-state index in [-0.39, 0.29) is 11.2 Å². The van der Waals surface area contributed by atoms with Crippen molar-refractivity contribution in [2.75, 3.05) is 5.32 Å². The maximum atomic E-state index is 13.2. The van der Waals surface area contributed by atoms with Crippen LogP contribution in [-0.4, -0.2) is 25.5 Å². The molecule has 2 heterocycles. The third kappa shape index (κ3) is 3.86. The van der Waals surface area contributed by atoms with Gasteiger partial charge in [0.25, 0.3) is 5.56 Å². The average Bonchev–Trinajstić information content (AvgIpc) is 3.17. The SMILES string of the molecule is Cc1ccccc1-n1ncc2c(C)nn(CC(=O)Nc3ccccc3C(F)(F)F)c(=O)c21. The van der Waals surface area contributed by atoms with Crippen LogP contribution in [0.25, 0.3) is 16.6 Å². The predicted octanol–water partition coefficient (Wildman–Crippen LogP) is 3.86. The molecule has 1 N–H and O–H groups in total. The van der Waals surface area contributed by atoms with Gasteiger partial charge in [-0.1, -0.05) is 30.3 Å². The predicted molar refractivity (Wildman–Crippen MR) is 113 cm³/mol. The number of anilines is 1. The van der Waals surface area contributed by atoms with Crippen molar-refractivity contribution < 1.29 is 18.0 Å². The largest absolute Gasteiger partial charge is 0.418 e. The first-order valence-electron chi connectivity index (χ1n) is 9.64. The summed E-state index contributed by atoms with van der Waals surface area (Å²) < 4.78 is 42.0. The molecule has 0 spiro atoms. The fourth-order valence-corrected chi connectivity index (χ4v) is 3.48. The van der Waals surface area contributed by atoms with E-state index >= 15 is 0 Å². The second-order valence-corrected chi connectivity index (χ2v) is 7.24. The first-order valence-corrected chi connectivity index (χ1v) is 9.64. The molecule has 2 aromatic carbocycles. The number of carbonyl (C=O) groups excluding carboxylic acids is 1. The summed E-state index contributed by atoms with van der Waals surface area (Å²) in [6.45, 7) is 2.99. The molecule has 32 heavy (non-hydrogen) atoms. The molecule has 10 heteroatoms. The standard InChI is InChI=1S/C22H18F3N5O2/c1-13-7-3-6-10-18(13)30-20-15(11-26-30)14(2)28-29(21(20)32)12-19(31)27-17-9-5-4-8-16(17)22(23,24)25/h3-11H,12H2,1-2H3,(H,27,31). The number of rotatable bonds is 4. The topological polar surface area (TPSA) is 81.8 Å². The number of para-hydroxylation sites is 2. The van der Waals surface area contributed by atoms with Crippen LogP contribution in [0.5, 0.6) is 0 Å². The summed E-state index contributed by atoms with van der Waals surface area (Å²) in [5, 5.41) is 11.2. The van der Waals surface area contributed by atoms with Gasteiger partial charge in [-0.3, -0.25) is 9.59 Å². The molecule has 0 aliphatic heterocycles. The summed E-state index contributed by atoms with van der Waals surface area (Å²) in [4.78, 5) is 25.6. The molecular formula is C22H18F3N5O2. The van der Waals surface area contributed by atoms with Crippen molar-refractivity contribution in [1.29, 1.82) is 0 Å². The lowest BCUT2D eigenvalue weighted by atomic mass is 10.1. The second-order valence-electron chi connectivity index (χ2n) is 7.24. The van der Waals surface area contributed by atoms with Gasteiger partial charge in [-0.15, -0.1) is 0 Å². The van der Waals surface area contributed by atoms with E-state index in [0.717, 1.165) is 22.4 Å². The number of hydrogen-bond acceptors (Lipinski definition) is 4. The lowest BCUT2D eigenvalue weighted by Crippen LogP contribution is -2.31. The summed E-state index contributed by atoms with van der Waals surface area (Å²) in [6.07, 6.45) is -3.11. The maximum Gasteiger partial charge on any atom is 0.418 e. The van der Waals surface area contributed by atoms with E-state index < -0.39 is 29.8 Å². The molecule has 0 saturated heterocycles. The van der Waals surface area contributed by atoms with Gasteiger partial charge in [-0.25, -0.2) is 9.36 Å². The van der Waals surface area contributed by atoms with Gasteiger partial charge in [-0.05, 0) is 37.6 Å². The first kappa shape index (κ1) is 21.3. The van der Waals surface area contributed by atoms with E-state index in [9.17, 15) is 22.8 Å². The Kier molecular flexibility index (Phi) is 5.29. The van der Waals surface area contributed by atoms with Crippen molar-refractivity contribution in [3.05, 3.63) is 81.9 Å². The maximum absolute atomic E-state index is 13.2. The van der Waals surface area contributed by atoms with Crippen molar-refractivity contribution in [1.82, 2.24) is 19.6 Å². The molecule has 0 radical (unpaired) electrons. The number of nitrogens with zero attached hydrogens (tertiary/aromatic N) is 4. The molecule has 4 aromatic rings. The number of aromatic nitrogens is 4. The number of amides is 1. The minimum atomic E-state index is -4.63. The minimum Gasteiger partial charge on any atom is -0.324 e. The van der Waals surface area contributed by atoms with E-state index in [4.69, 9.17) is 0 Å². The minimum absolute atomic E-state index is 0.232. The van der Waals surface area contributed by atoms with E-state index in [2.05, 4.69) is 15.5 Å². The van der Waals surface area contributed by atoms with E-state index in [0.29, 0.717) is 16.8 Å². The number of halogens is 3. The fourth-order valence-electron chi connectivity index (χ4n) is 3.48. The van der Waals surface area contributed by atoms with E-state index in [1.165, 1.54) is 23.0 Å². The molecule has 0 bridgehead atoms. The Bertz CT molecular complexity index is 1390. The molecule has 0 atom stereocenters. The monoisotopic (exact) mass is 441 g/mol. The Morgan fingerprint density at radius 3 is 2.47 bits per heavy atom. The van der Waals surface area contributed by atoms with Crippen LogP contribution in [0.4, 0.5) is 18.9 Å². The van der Waals surface area contributed by atoms with Crippen molar-refractivity contribution >= 4 is 22.5 Å². The normalized spacial score (nSPS) is 11.7. The van der Waals surface area contributed by atoms with Crippen LogP contribution in [0.1, 0.15) is 16.8 Å². The number of fused-ring (bicyclic) bond motifs is 1. The molecule has 2 aromatic heterocycles.